The van der Waals surface area contributed by atoms with Crippen LogP contribution in [0.3, 0.4) is 0 Å². The predicted octanol–water partition coefficient (Wildman–Crippen LogP) is 4.90. The maximum Gasteiger partial charge on any atom is 0.162 e. The molecule has 5 rings (SSSR count). The van der Waals surface area contributed by atoms with Crippen LogP contribution in [0, 0.1) is 17.7 Å². The maximum atomic E-state index is 13.5. The van der Waals surface area contributed by atoms with E-state index in [1.807, 2.05) is 12.1 Å². The molecular weight excluding hydrogens is 419 g/mol. The smallest absolute Gasteiger partial charge is 0.162 e. The lowest BCUT2D eigenvalue weighted by Crippen LogP contribution is -2.25. The molecule has 162 valence electrons. The number of nitrogens with zero attached hydrogens (tertiary/aromatic N) is 3. The van der Waals surface area contributed by atoms with E-state index in [0.29, 0.717) is 35.1 Å². The summed E-state index contributed by atoms with van der Waals surface area (Å²) in [6.07, 6.45) is 3.85. The first kappa shape index (κ1) is 20.3. The molecule has 0 amide bonds. The Morgan fingerprint density at radius 3 is 2.77 bits per heavy atom. The summed E-state index contributed by atoms with van der Waals surface area (Å²) in [5.74, 6) is 3.29. The molecule has 1 N–H and O–H groups in total. The van der Waals surface area contributed by atoms with Crippen LogP contribution >= 0.6 is 11.6 Å². The van der Waals surface area contributed by atoms with Gasteiger partial charge in [0.25, 0.3) is 0 Å². The van der Waals surface area contributed by atoms with Crippen molar-refractivity contribution >= 4 is 34.0 Å². The Balaban J connectivity index is 1.32. The molecule has 2 aliphatic rings. The molecule has 0 bridgehead atoms. The average Bonchev–Trinajstić information content (AvgIpc) is 3.39. The molecule has 2 aromatic carbocycles. The fourth-order valence-corrected chi connectivity index (χ4v) is 4.48. The molecule has 1 aliphatic heterocycles. The first-order chi connectivity index (χ1) is 15.1. The van der Waals surface area contributed by atoms with Crippen LogP contribution in [-0.4, -0.2) is 48.2 Å². The summed E-state index contributed by atoms with van der Waals surface area (Å²) in [4.78, 5) is 11.2. The van der Waals surface area contributed by atoms with Gasteiger partial charge in [0.05, 0.1) is 24.3 Å². The zero-order valence-electron chi connectivity index (χ0n) is 17.3. The number of aromatic nitrogens is 2. The Morgan fingerprint density at radius 2 is 2.00 bits per heavy atom. The number of methoxy groups -OCH3 is 1. The summed E-state index contributed by atoms with van der Waals surface area (Å²) >= 11 is 5.90. The van der Waals surface area contributed by atoms with Crippen LogP contribution in [0.2, 0.25) is 5.02 Å². The number of piperidine rings is 1. The van der Waals surface area contributed by atoms with Gasteiger partial charge in [-0.05, 0) is 48.9 Å². The van der Waals surface area contributed by atoms with Gasteiger partial charge < -0.3 is 19.7 Å². The largest absolute Gasteiger partial charge is 0.493 e. The number of hydrogen-bond donors (Lipinski definition) is 1. The molecule has 1 aromatic heterocycles. The van der Waals surface area contributed by atoms with E-state index in [1.165, 1.54) is 38.0 Å². The molecule has 1 saturated carbocycles. The van der Waals surface area contributed by atoms with Crippen molar-refractivity contribution in [3.8, 4) is 11.5 Å². The number of likely N-dealkylation sites (tertiary alicyclic amines) is 1. The van der Waals surface area contributed by atoms with Crippen LogP contribution in [0.5, 0.6) is 11.5 Å². The third-order valence-corrected chi connectivity index (χ3v) is 6.32. The Bertz CT molecular complexity index is 1100. The van der Waals surface area contributed by atoms with Crippen molar-refractivity contribution in [1.82, 2.24) is 14.9 Å². The quantitative estimate of drug-likeness (QED) is 0.501. The highest BCUT2D eigenvalue weighted by molar-refractivity contribution is 6.31. The van der Waals surface area contributed by atoms with Gasteiger partial charge in [0, 0.05) is 36.8 Å². The monoisotopic (exact) mass is 442 g/mol. The van der Waals surface area contributed by atoms with E-state index in [-0.39, 0.29) is 5.02 Å². The molecule has 31 heavy (non-hydrogen) atoms. The number of anilines is 2. The predicted molar refractivity (Wildman–Crippen MR) is 119 cm³/mol. The van der Waals surface area contributed by atoms with Crippen molar-refractivity contribution < 1.29 is 13.9 Å². The lowest BCUT2D eigenvalue weighted by Gasteiger charge is -2.18. The standard InChI is InChI=1S/C23H24ClFN4O2/c1-30-21-10-20-17(9-22(21)31-6-2-5-29-11-14-7-15(14)12-29)23(27-13-26-20)28-16-3-4-19(25)18(24)8-16/h3-4,8-10,13-15H,2,5-7,11-12H2,1H3,(H,26,27,28). The Kier molecular flexibility index (Phi) is 5.54. The minimum atomic E-state index is -0.467. The van der Waals surface area contributed by atoms with E-state index in [0.717, 1.165) is 30.2 Å². The van der Waals surface area contributed by atoms with E-state index in [1.54, 1.807) is 13.2 Å². The summed E-state index contributed by atoms with van der Waals surface area (Å²) in [7, 11) is 1.62. The Hall–Kier alpha value is -2.64. The Morgan fingerprint density at radius 1 is 1.16 bits per heavy atom. The maximum absolute atomic E-state index is 13.5. The molecule has 6 nitrogen and oxygen atoms in total. The first-order valence-corrected chi connectivity index (χ1v) is 10.9. The van der Waals surface area contributed by atoms with Crippen molar-refractivity contribution in [3.63, 3.8) is 0 Å². The topological polar surface area (TPSA) is 59.5 Å². The molecule has 2 unspecified atom stereocenters. The van der Waals surface area contributed by atoms with Crippen molar-refractivity contribution in [1.29, 1.82) is 0 Å². The number of nitrogens with one attached hydrogen (secondary N) is 1. The second kappa shape index (κ2) is 8.48. The number of fused-ring (bicyclic) bond motifs is 2. The number of benzene rings is 2. The van der Waals surface area contributed by atoms with Crippen LogP contribution in [-0.2, 0) is 0 Å². The third-order valence-electron chi connectivity index (χ3n) is 6.03. The van der Waals surface area contributed by atoms with E-state index >= 15 is 0 Å². The molecule has 2 fully saturated rings. The SMILES string of the molecule is COc1cc2ncnc(Nc3ccc(F)c(Cl)c3)c2cc1OCCCN1CC2CC2C1. The summed E-state index contributed by atoms with van der Waals surface area (Å²) < 4.78 is 25.1. The average molecular weight is 443 g/mol. The molecule has 1 aliphatic carbocycles. The van der Waals surface area contributed by atoms with Crippen molar-refractivity contribution in [2.45, 2.75) is 12.8 Å². The highest BCUT2D eigenvalue weighted by Crippen LogP contribution is 2.44. The van der Waals surface area contributed by atoms with Gasteiger partial charge in [-0.2, -0.15) is 0 Å². The zero-order chi connectivity index (χ0) is 21.4. The van der Waals surface area contributed by atoms with E-state index < -0.39 is 5.82 Å². The van der Waals surface area contributed by atoms with Crippen LogP contribution in [0.1, 0.15) is 12.8 Å². The number of ether oxygens (including phenoxy) is 2. The van der Waals surface area contributed by atoms with Crippen LogP contribution in [0.4, 0.5) is 15.9 Å². The zero-order valence-corrected chi connectivity index (χ0v) is 18.0. The van der Waals surface area contributed by atoms with Gasteiger partial charge in [-0.15, -0.1) is 0 Å². The van der Waals surface area contributed by atoms with Crippen LogP contribution in [0.25, 0.3) is 10.9 Å². The molecule has 0 radical (unpaired) electrons. The van der Waals surface area contributed by atoms with Crippen LogP contribution < -0.4 is 14.8 Å². The molecule has 2 heterocycles. The third kappa shape index (κ3) is 4.38. The second-order valence-corrected chi connectivity index (χ2v) is 8.62. The van der Waals surface area contributed by atoms with E-state index in [9.17, 15) is 4.39 Å². The summed E-state index contributed by atoms with van der Waals surface area (Å²) in [5.41, 5.74) is 1.35. The normalized spacial score (nSPS) is 20.0. The van der Waals surface area contributed by atoms with Gasteiger partial charge in [0.2, 0.25) is 0 Å². The number of halogens is 2. The minimum Gasteiger partial charge on any atom is -0.493 e. The van der Waals surface area contributed by atoms with Gasteiger partial charge in [0.1, 0.15) is 18.0 Å². The first-order valence-electron chi connectivity index (χ1n) is 10.5. The van der Waals surface area contributed by atoms with Gasteiger partial charge in [-0.3, -0.25) is 0 Å². The van der Waals surface area contributed by atoms with E-state index in [2.05, 4.69) is 20.2 Å². The lowest BCUT2D eigenvalue weighted by atomic mass is 10.2. The van der Waals surface area contributed by atoms with Gasteiger partial charge in [-0.1, -0.05) is 11.6 Å². The highest BCUT2D eigenvalue weighted by Gasteiger charge is 2.44. The lowest BCUT2D eigenvalue weighted by molar-refractivity contribution is 0.244. The summed E-state index contributed by atoms with van der Waals surface area (Å²) in [5, 5.41) is 4.01. The molecule has 1 saturated heterocycles. The Labute approximate surface area is 185 Å². The summed E-state index contributed by atoms with van der Waals surface area (Å²) in [6.45, 7) is 4.15. The van der Waals surface area contributed by atoms with Gasteiger partial charge in [-0.25, -0.2) is 14.4 Å². The summed E-state index contributed by atoms with van der Waals surface area (Å²) in [6, 6.07) is 8.16. The van der Waals surface area contributed by atoms with Crippen molar-refractivity contribution in [2.24, 2.45) is 11.8 Å². The number of hydrogen-bond acceptors (Lipinski definition) is 6. The second-order valence-electron chi connectivity index (χ2n) is 8.21. The van der Waals surface area contributed by atoms with Crippen molar-refractivity contribution in [2.75, 3.05) is 38.7 Å². The van der Waals surface area contributed by atoms with Gasteiger partial charge in [0.15, 0.2) is 11.5 Å². The molecule has 2 atom stereocenters. The fraction of sp³-hybridized carbons (Fsp3) is 0.391. The van der Waals surface area contributed by atoms with Gasteiger partial charge >= 0.3 is 0 Å². The molecule has 8 heteroatoms. The van der Waals surface area contributed by atoms with Crippen molar-refractivity contribution in [3.05, 3.63) is 47.5 Å². The molecule has 3 aromatic rings. The fourth-order valence-electron chi connectivity index (χ4n) is 4.29. The molecular formula is C23H24ClFN4O2. The molecule has 0 spiro atoms. The highest BCUT2D eigenvalue weighted by atomic mass is 35.5. The van der Waals surface area contributed by atoms with Crippen LogP contribution in [0.15, 0.2) is 36.7 Å². The minimum absolute atomic E-state index is 0.0457. The van der Waals surface area contributed by atoms with E-state index in [4.69, 9.17) is 21.1 Å². The number of rotatable bonds is 8.